The average Bonchev–Trinajstić information content (AvgIpc) is 2.54. The zero-order valence-electron chi connectivity index (χ0n) is 11.9. The van der Waals surface area contributed by atoms with E-state index < -0.39 is 0 Å². The van der Waals surface area contributed by atoms with Gasteiger partial charge in [0.25, 0.3) is 0 Å². The minimum Gasteiger partial charge on any atom is -0.381 e. The molecule has 0 bridgehead atoms. The van der Waals surface area contributed by atoms with Crippen LogP contribution in [0.2, 0.25) is 5.28 Å². The van der Waals surface area contributed by atoms with Crippen LogP contribution in [-0.4, -0.2) is 61.0 Å². The highest BCUT2D eigenvalue weighted by Gasteiger charge is 2.17. The Kier molecular flexibility index (Phi) is 5.05. The van der Waals surface area contributed by atoms with Crippen LogP contribution in [0.3, 0.4) is 0 Å². The highest BCUT2D eigenvalue weighted by atomic mass is 35.5. The Morgan fingerprint density at radius 2 is 1.76 bits per heavy atom. The van der Waals surface area contributed by atoms with Gasteiger partial charge in [0.1, 0.15) is 0 Å². The molecule has 0 radical (unpaired) electrons. The van der Waals surface area contributed by atoms with Crippen molar-refractivity contribution in [1.82, 2.24) is 15.0 Å². The monoisotopic (exact) mass is 313 g/mol. The lowest BCUT2D eigenvalue weighted by Crippen LogP contribution is -2.37. The Balaban J connectivity index is 1.62. The van der Waals surface area contributed by atoms with Crippen molar-refractivity contribution in [3.63, 3.8) is 0 Å². The van der Waals surface area contributed by atoms with Crippen LogP contribution in [0.5, 0.6) is 0 Å². The molecule has 1 aromatic heterocycles. The Morgan fingerprint density at radius 3 is 2.52 bits per heavy atom. The fourth-order valence-electron chi connectivity index (χ4n) is 2.51. The number of halogens is 1. The van der Waals surface area contributed by atoms with Gasteiger partial charge in [0.15, 0.2) is 0 Å². The molecule has 1 aromatic rings. The normalized spacial score (nSPS) is 20.5. The maximum Gasteiger partial charge on any atom is 0.231 e. The molecular formula is C13H20ClN5O2. The molecule has 0 saturated carbocycles. The van der Waals surface area contributed by atoms with Crippen LogP contribution in [0.25, 0.3) is 0 Å². The first-order valence-corrected chi connectivity index (χ1v) is 7.75. The summed E-state index contributed by atoms with van der Waals surface area (Å²) in [6.07, 6.45) is 2.14. The summed E-state index contributed by atoms with van der Waals surface area (Å²) in [5.41, 5.74) is 0. The van der Waals surface area contributed by atoms with Gasteiger partial charge in [0.2, 0.25) is 17.2 Å². The quantitative estimate of drug-likeness (QED) is 0.895. The van der Waals surface area contributed by atoms with Gasteiger partial charge in [-0.25, -0.2) is 0 Å². The van der Waals surface area contributed by atoms with E-state index >= 15 is 0 Å². The number of nitrogens with one attached hydrogen (secondary N) is 1. The van der Waals surface area contributed by atoms with Crippen molar-refractivity contribution in [1.29, 1.82) is 0 Å². The van der Waals surface area contributed by atoms with Gasteiger partial charge in [-0.05, 0) is 30.4 Å². The van der Waals surface area contributed by atoms with Gasteiger partial charge in [-0.1, -0.05) is 0 Å². The van der Waals surface area contributed by atoms with Crippen LogP contribution in [-0.2, 0) is 9.47 Å². The van der Waals surface area contributed by atoms with Gasteiger partial charge >= 0.3 is 0 Å². The Hall–Kier alpha value is -1.18. The number of nitrogens with zero attached hydrogens (tertiary/aromatic N) is 4. The summed E-state index contributed by atoms with van der Waals surface area (Å²) in [5.74, 6) is 1.76. The molecular weight excluding hydrogens is 294 g/mol. The third-order valence-electron chi connectivity index (χ3n) is 3.78. The van der Waals surface area contributed by atoms with Crippen LogP contribution in [0.4, 0.5) is 11.9 Å². The minimum absolute atomic E-state index is 0.223. The molecule has 0 unspecified atom stereocenters. The van der Waals surface area contributed by atoms with Crippen LogP contribution in [0.1, 0.15) is 12.8 Å². The van der Waals surface area contributed by atoms with E-state index in [0.29, 0.717) is 31.0 Å². The SMILES string of the molecule is Clc1nc(NCC2CCOCC2)nc(N2CCOCC2)n1. The van der Waals surface area contributed by atoms with Crippen molar-refractivity contribution in [2.24, 2.45) is 5.92 Å². The number of rotatable bonds is 4. The number of ether oxygens (including phenoxy) is 2. The lowest BCUT2D eigenvalue weighted by Gasteiger charge is -2.27. The second-order valence-corrected chi connectivity index (χ2v) is 5.60. The van der Waals surface area contributed by atoms with E-state index in [9.17, 15) is 0 Å². The summed E-state index contributed by atoms with van der Waals surface area (Å²) in [6, 6.07) is 0. The second kappa shape index (κ2) is 7.20. The van der Waals surface area contributed by atoms with E-state index in [1.54, 1.807) is 0 Å². The summed E-state index contributed by atoms with van der Waals surface area (Å²) < 4.78 is 10.7. The van der Waals surface area contributed by atoms with E-state index in [2.05, 4.69) is 25.2 Å². The molecule has 2 saturated heterocycles. The van der Waals surface area contributed by atoms with Crippen molar-refractivity contribution < 1.29 is 9.47 Å². The molecule has 2 aliphatic rings. The molecule has 8 heteroatoms. The Labute approximate surface area is 129 Å². The molecule has 116 valence electrons. The highest BCUT2D eigenvalue weighted by molar-refractivity contribution is 6.28. The van der Waals surface area contributed by atoms with E-state index in [1.165, 1.54) is 0 Å². The van der Waals surface area contributed by atoms with Crippen molar-refractivity contribution in [2.45, 2.75) is 12.8 Å². The molecule has 0 spiro atoms. The molecule has 0 atom stereocenters. The summed E-state index contributed by atoms with van der Waals surface area (Å²) in [4.78, 5) is 14.9. The molecule has 2 fully saturated rings. The molecule has 1 N–H and O–H groups in total. The number of hydrogen-bond donors (Lipinski definition) is 1. The molecule has 0 amide bonds. The molecule has 0 aromatic carbocycles. The molecule has 0 aliphatic carbocycles. The summed E-state index contributed by atoms with van der Waals surface area (Å²) in [5, 5.41) is 3.50. The maximum atomic E-state index is 6.01. The van der Waals surface area contributed by atoms with E-state index in [4.69, 9.17) is 21.1 Å². The zero-order valence-corrected chi connectivity index (χ0v) is 12.7. The van der Waals surface area contributed by atoms with Gasteiger partial charge in [-0.3, -0.25) is 0 Å². The first kappa shape index (κ1) is 14.7. The maximum absolute atomic E-state index is 6.01. The van der Waals surface area contributed by atoms with Crippen LogP contribution < -0.4 is 10.2 Å². The van der Waals surface area contributed by atoms with Crippen LogP contribution in [0, 0.1) is 5.92 Å². The van der Waals surface area contributed by atoms with E-state index in [0.717, 1.165) is 45.7 Å². The van der Waals surface area contributed by atoms with Gasteiger partial charge in [0, 0.05) is 32.8 Å². The van der Waals surface area contributed by atoms with Crippen molar-refractivity contribution in [2.75, 3.05) is 56.3 Å². The first-order chi connectivity index (χ1) is 10.3. The van der Waals surface area contributed by atoms with Gasteiger partial charge in [0.05, 0.1) is 13.2 Å². The zero-order chi connectivity index (χ0) is 14.5. The van der Waals surface area contributed by atoms with Crippen molar-refractivity contribution in [3.05, 3.63) is 5.28 Å². The lowest BCUT2D eigenvalue weighted by molar-refractivity contribution is 0.0699. The Bertz CT molecular complexity index is 464. The van der Waals surface area contributed by atoms with Crippen LogP contribution >= 0.6 is 11.6 Å². The smallest absolute Gasteiger partial charge is 0.231 e. The predicted molar refractivity (Wildman–Crippen MR) is 79.9 cm³/mol. The van der Waals surface area contributed by atoms with Gasteiger partial charge in [-0.15, -0.1) is 0 Å². The fraction of sp³-hybridized carbons (Fsp3) is 0.769. The summed E-state index contributed by atoms with van der Waals surface area (Å²) in [7, 11) is 0. The predicted octanol–water partition coefficient (Wildman–Crippen LogP) is 1.20. The molecule has 7 nitrogen and oxygen atoms in total. The first-order valence-electron chi connectivity index (χ1n) is 7.37. The van der Waals surface area contributed by atoms with Crippen molar-refractivity contribution >= 4 is 23.5 Å². The molecule has 2 aliphatic heterocycles. The highest BCUT2D eigenvalue weighted by Crippen LogP contribution is 2.18. The Morgan fingerprint density at radius 1 is 1.05 bits per heavy atom. The largest absolute Gasteiger partial charge is 0.381 e. The molecule has 3 heterocycles. The minimum atomic E-state index is 0.223. The number of morpholine rings is 1. The third kappa shape index (κ3) is 4.15. The van der Waals surface area contributed by atoms with Crippen LogP contribution in [0.15, 0.2) is 0 Å². The van der Waals surface area contributed by atoms with Gasteiger partial charge < -0.3 is 19.7 Å². The summed E-state index contributed by atoms with van der Waals surface area (Å²) in [6.45, 7) is 5.45. The fourth-order valence-corrected chi connectivity index (χ4v) is 2.67. The lowest BCUT2D eigenvalue weighted by atomic mass is 10.0. The second-order valence-electron chi connectivity index (χ2n) is 5.26. The topological polar surface area (TPSA) is 72.4 Å². The van der Waals surface area contributed by atoms with E-state index in [-0.39, 0.29) is 5.28 Å². The number of aromatic nitrogens is 3. The number of hydrogen-bond acceptors (Lipinski definition) is 7. The molecule has 21 heavy (non-hydrogen) atoms. The third-order valence-corrected chi connectivity index (χ3v) is 3.95. The standard InChI is InChI=1S/C13H20ClN5O2/c14-11-16-12(15-9-10-1-5-20-6-2-10)18-13(17-11)19-3-7-21-8-4-19/h10H,1-9H2,(H,15,16,17,18). The summed E-state index contributed by atoms with van der Waals surface area (Å²) >= 11 is 6.01. The molecule has 3 rings (SSSR count). The average molecular weight is 314 g/mol. The van der Waals surface area contributed by atoms with Crippen molar-refractivity contribution in [3.8, 4) is 0 Å². The number of anilines is 2. The van der Waals surface area contributed by atoms with E-state index in [1.807, 2.05) is 0 Å². The van der Waals surface area contributed by atoms with Gasteiger partial charge in [-0.2, -0.15) is 15.0 Å².